The third-order valence-electron chi connectivity index (χ3n) is 5.87. The van der Waals surface area contributed by atoms with Crippen LogP contribution >= 0.6 is 0 Å². The minimum Gasteiger partial charge on any atom is -0.359 e. The Kier molecular flexibility index (Phi) is 4.94. The maximum atomic E-state index is 14.0. The Bertz CT molecular complexity index is 1220. The molecule has 0 spiro atoms. The first-order chi connectivity index (χ1) is 14.9. The molecule has 1 aliphatic heterocycles. The topological polar surface area (TPSA) is 61.8 Å². The molecule has 4 aromatic rings. The number of pyridine rings is 1. The van der Waals surface area contributed by atoms with Gasteiger partial charge in [-0.05, 0) is 24.6 Å². The summed E-state index contributed by atoms with van der Waals surface area (Å²) in [5, 5.41) is 4.02. The van der Waals surface area contributed by atoms with Crippen LogP contribution in [0.1, 0.15) is 11.3 Å². The van der Waals surface area contributed by atoms with Crippen molar-refractivity contribution in [1.82, 2.24) is 29.7 Å². The maximum Gasteiger partial charge on any atom is 0.435 e. The fraction of sp³-hybridized carbons (Fsp3) is 0.364. The second kappa shape index (κ2) is 7.65. The molecule has 3 aromatic heterocycles. The lowest BCUT2D eigenvalue weighted by Crippen LogP contribution is -2.44. The molecule has 4 heterocycles. The van der Waals surface area contributed by atoms with Crippen LogP contribution in [0.5, 0.6) is 0 Å². The summed E-state index contributed by atoms with van der Waals surface area (Å²) in [7, 11) is 0. The van der Waals surface area contributed by atoms with Gasteiger partial charge in [-0.25, -0.2) is 9.97 Å². The lowest BCUT2D eigenvalue weighted by molar-refractivity contribution is -0.139. The number of nitrogens with one attached hydrogen (secondary N) is 2. The first-order valence-corrected chi connectivity index (χ1v) is 10.4. The second-order valence-electron chi connectivity index (χ2n) is 7.89. The van der Waals surface area contributed by atoms with Crippen LogP contribution in [-0.4, -0.2) is 57.1 Å². The Morgan fingerprint density at radius 2 is 1.81 bits per heavy atom. The number of piperazine rings is 1. The standard InChI is InChI=1S/C22H23F3N6/c1-14-4-2-5-15-17(14)28-20(22(23,24)25)18-19(15)31(13-12-30-10-8-26-9-11-30)21(29-18)16-6-3-7-27-16/h2-7,26-27H,8-13H2,1H3. The number of benzene rings is 1. The summed E-state index contributed by atoms with van der Waals surface area (Å²) < 4.78 is 43.9. The molecule has 31 heavy (non-hydrogen) atoms. The van der Waals surface area contributed by atoms with E-state index >= 15 is 0 Å². The van der Waals surface area contributed by atoms with Crippen LogP contribution in [0.25, 0.3) is 33.5 Å². The molecule has 1 saturated heterocycles. The number of hydrogen-bond donors (Lipinski definition) is 2. The zero-order valence-corrected chi connectivity index (χ0v) is 17.1. The summed E-state index contributed by atoms with van der Waals surface area (Å²) in [5.74, 6) is 0.497. The van der Waals surface area contributed by atoms with E-state index in [-0.39, 0.29) is 5.52 Å². The van der Waals surface area contributed by atoms with Gasteiger partial charge in [0.25, 0.3) is 0 Å². The lowest BCUT2D eigenvalue weighted by Gasteiger charge is -2.27. The fourth-order valence-electron chi connectivity index (χ4n) is 4.32. The third-order valence-corrected chi connectivity index (χ3v) is 5.87. The molecular weight excluding hydrogens is 405 g/mol. The highest BCUT2D eigenvalue weighted by Crippen LogP contribution is 2.38. The predicted octanol–water partition coefficient (Wildman–Crippen LogP) is 3.81. The molecule has 6 nitrogen and oxygen atoms in total. The fourth-order valence-corrected chi connectivity index (χ4v) is 4.32. The zero-order chi connectivity index (χ0) is 21.6. The molecule has 0 aliphatic carbocycles. The Hall–Kier alpha value is -2.91. The van der Waals surface area contributed by atoms with Crippen LogP contribution in [0.15, 0.2) is 36.5 Å². The van der Waals surface area contributed by atoms with E-state index in [2.05, 4.69) is 25.2 Å². The summed E-state index contributed by atoms with van der Waals surface area (Å²) >= 11 is 0. The van der Waals surface area contributed by atoms with Crippen molar-refractivity contribution in [3.05, 3.63) is 47.8 Å². The first kappa shape index (κ1) is 20.0. The SMILES string of the molecule is Cc1cccc2c1nc(C(F)(F)F)c1nc(-c3ccc[nH]3)n(CCN3CCNCC3)c12. The van der Waals surface area contributed by atoms with E-state index in [0.717, 1.165) is 32.7 Å². The van der Waals surface area contributed by atoms with Crippen molar-refractivity contribution in [3.63, 3.8) is 0 Å². The number of halogens is 3. The van der Waals surface area contributed by atoms with Gasteiger partial charge in [0.05, 0.1) is 16.7 Å². The number of nitrogens with zero attached hydrogens (tertiary/aromatic N) is 4. The number of para-hydroxylation sites is 1. The van der Waals surface area contributed by atoms with Crippen molar-refractivity contribution in [2.24, 2.45) is 0 Å². The number of H-pyrrole nitrogens is 1. The number of aryl methyl sites for hydroxylation is 1. The zero-order valence-electron chi connectivity index (χ0n) is 17.1. The predicted molar refractivity (Wildman–Crippen MR) is 114 cm³/mol. The summed E-state index contributed by atoms with van der Waals surface area (Å²) in [6.07, 6.45) is -2.85. The van der Waals surface area contributed by atoms with Crippen LogP contribution in [-0.2, 0) is 12.7 Å². The molecule has 0 saturated carbocycles. The van der Waals surface area contributed by atoms with Crippen molar-refractivity contribution in [2.75, 3.05) is 32.7 Å². The molecule has 0 atom stereocenters. The van der Waals surface area contributed by atoms with E-state index in [4.69, 9.17) is 0 Å². The number of rotatable bonds is 4. The van der Waals surface area contributed by atoms with Gasteiger partial charge in [-0.1, -0.05) is 18.2 Å². The normalized spacial score (nSPS) is 15.9. The molecule has 162 valence electrons. The molecular formula is C22H23F3N6. The van der Waals surface area contributed by atoms with E-state index in [1.54, 1.807) is 19.2 Å². The number of fused-ring (bicyclic) bond motifs is 3. The van der Waals surface area contributed by atoms with Crippen molar-refractivity contribution < 1.29 is 13.2 Å². The van der Waals surface area contributed by atoms with Crippen molar-refractivity contribution >= 4 is 21.9 Å². The van der Waals surface area contributed by atoms with Gasteiger partial charge < -0.3 is 14.9 Å². The van der Waals surface area contributed by atoms with Crippen LogP contribution in [0.3, 0.4) is 0 Å². The summed E-state index contributed by atoms with van der Waals surface area (Å²) in [4.78, 5) is 13.9. The van der Waals surface area contributed by atoms with E-state index in [9.17, 15) is 13.2 Å². The third kappa shape index (κ3) is 3.57. The quantitative estimate of drug-likeness (QED) is 0.519. The monoisotopic (exact) mass is 428 g/mol. The summed E-state index contributed by atoms with van der Waals surface area (Å²) in [5.41, 5.74) is 1.21. The van der Waals surface area contributed by atoms with Gasteiger partial charge in [-0.15, -0.1) is 0 Å². The lowest BCUT2D eigenvalue weighted by atomic mass is 10.1. The molecule has 1 fully saturated rings. The van der Waals surface area contributed by atoms with Gasteiger partial charge in [0.15, 0.2) is 11.5 Å². The molecule has 0 bridgehead atoms. The highest BCUT2D eigenvalue weighted by Gasteiger charge is 2.38. The summed E-state index contributed by atoms with van der Waals surface area (Å²) in [6, 6.07) is 9.12. The average Bonchev–Trinajstić information content (AvgIpc) is 3.40. The van der Waals surface area contributed by atoms with Gasteiger partial charge >= 0.3 is 6.18 Å². The van der Waals surface area contributed by atoms with Crippen molar-refractivity contribution in [1.29, 1.82) is 0 Å². The molecule has 9 heteroatoms. The number of hydrogen-bond acceptors (Lipinski definition) is 4. The van der Waals surface area contributed by atoms with Gasteiger partial charge in [-0.3, -0.25) is 4.90 Å². The van der Waals surface area contributed by atoms with E-state index in [1.165, 1.54) is 0 Å². The van der Waals surface area contributed by atoms with E-state index in [1.807, 2.05) is 28.8 Å². The first-order valence-electron chi connectivity index (χ1n) is 10.4. The number of aromatic nitrogens is 4. The molecule has 1 aliphatic rings. The summed E-state index contributed by atoms with van der Waals surface area (Å²) in [6.45, 7) is 6.72. The maximum absolute atomic E-state index is 14.0. The van der Waals surface area contributed by atoms with Gasteiger partial charge in [0.2, 0.25) is 0 Å². The molecule has 2 N–H and O–H groups in total. The Balaban J connectivity index is 1.77. The van der Waals surface area contributed by atoms with Gasteiger partial charge in [0.1, 0.15) is 5.52 Å². The molecule has 0 amide bonds. The van der Waals surface area contributed by atoms with Crippen LogP contribution in [0.2, 0.25) is 0 Å². The van der Waals surface area contributed by atoms with Crippen molar-refractivity contribution in [2.45, 2.75) is 19.6 Å². The van der Waals surface area contributed by atoms with Gasteiger partial charge in [0, 0.05) is 50.9 Å². The minimum absolute atomic E-state index is 0.101. The van der Waals surface area contributed by atoms with E-state index in [0.29, 0.717) is 40.0 Å². The number of alkyl halides is 3. The van der Waals surface area contributed by atoms with Crippen LogP contribution < -0.4 is 5.32 Å². The van der Waals surface area contributed by atoms with Crippen LogP contribution in [0.4, 0.5) is 13.2 Å². The number of aromatic amines is 1. The van der Waals surface area contributed by atoms with Crippen molar-refractivity contribution in [3.8, 4) is 11.5 Å². The molecule has 5 rings (SSSR count). The Morgan fingerprint density at radius 1 is 1.00 bits per heavy atom. The molecule has 0 unspecified atom stereocenters. The second-order valence-corrected chi connectivity index (χ2v) is 7.89. The highest BCUT2D eigenvalue weighted by molar-refractivity contribution is 6.05. The smallest absolute Gasteiger partial charge is 0.359 e. The van der Waals surface area contributed by atoms with Gasteiger partial charge in [-0.2, -0.15) is 13.2 Å². The minimum atomic E-state index is -4.60. The largest absolute Gasteiger partial charge is 0.435 e. The molecule has 0 radical (unpaired) electrons. The van der Waals surface area contributed by atoms with E-state index < -0.39 is 11.9 Å². The Morgan fingerprint density at radius 3 is 2.52 bits per heavy atom. The Labute approximate surface area is 177 Å². The molecule has 1 aromatic carbocycles. The number of imidazole rings is 1. The average molecular weight is 428 g/mol. The van der Waals surface area contributed by atoms with Crippen LogP contribution in [0, 0.1) is 6.92 Å². The highest BCUT2D eigenvalue weighted by atomic mass is 19.4.